The maximum Gasteiger partial charge on any atom is 0.124 e. The molecule has 0 bridgehead atoms. The van der Waals surface area contributed by atoms with E-state index in [9.17, 15) is 0 Å². The lowest BCUT2D eigenvalue weighted by atomic mass is 10.1. The Morgan fingerprint density at radius 2 is 1.94 bits per heavy atom. The van der Waals surface area contributed by atoms with Gasteiger partial charge in [0.25, 0.3) is 0 Å². The van der Waals surface area contributed by atoms with Gasteiger partial charge in [-0.2, -0.15) is 0 Å². The van der Waals surface area contributed by atoms with E-state index in [0.717, 1.165) is 11.3 Å². The van der Waals surface area contributed by atoms with Gasteiger partial charge in [0.05, 0.1) is 13.2 Å². The second kappa shape index (κ2) is 4.95. The highest BCUT2D eigenvalue weighted by Crippen LogP contribution is 2.26. The quantitative estimate of drug-likeness (QED) is 0.873. The van der Waals surface area contributed by atoms with E-state index in [1.807, 2.05) is 29.2 Å². The van der Waals surface area contributed by atoms with Crippen molar-refractivity contribution in [1.29, 1.82) is 0 Å². The highest BCUT2D eigenvalue weighted by Gasteiger charge is 2.10. The Balaban J connectivity index is 2.21. The van der Waals surface area contributed by atoms with E-state index in [1.54, 1.807) is 7.11 Å². The summed E-state index contributed by atoms with van der Waals surface area (Å²) in [5, 5.41) is 0. The number of rotatable bonds is 4. The molecule has 0 aliphatic carbocycles. The third kappa shape index (κ3) is 2.61. The molecule has 0 aliphatic heterocycles. The molecule has 17 heavy (non-hydrogen) atoms. The van der Waals surface area contributed by atoms with Crippen LogP contribution in [0.3, 0.4) is 0 Å². The lowest BCUT2D eigenvalue weighted by Gasteiger charge is -2.19. The summed E-state index contributed by atoms with van der Waals surface area (Å²) in [6.07, 6.45) is 3.97. The van der Waals surface area contributed by atoms with E-state index in [2.05, 4.69) is 37.5 Å². The lowest BCUT2D eigenvalue weighted by molar-refractivity contribution is 0.406. The number of methoxy groups -OCH3 is 1. The second-order valence-corrected chi connectivity index (χ2v) is 4.19. The zero-order chi connectivity index (χ0) is 12.3. The van der Waals surface area contributed by atoms with E-state index >= 15 is 0 Å². The summed E-state index contributed by atoms with van der Waals surface area (Å²) in [6.45, 7) is 4.18. The number of nitrogens with one attached hydrogen (secondary N) is 1. The van der Waals surface area contributed by atoms with Gasteiger partial charge in [-0.3, -0.25) is 4.68 Å². The smallest absolute Gasteiger partial charge is 0.124 e. The van der Waals surface area contributed by atoms with Crippen LogP contribution in [0.5, 0.6) is 5.75 Å². The first kappa shape index (κ1) is 11.6. The van der Waals surface area contributed by atoms with Crippen molar-refractivity contribution in [1.82, 2.24) is 4.68 Å². The molecule has 0 saturated heterocycles. The molecule has 0 fully saturated rings. The molecule has 0 radical (unpaired) electrons. The average molecular weight is 230 g/mol. The highest BCUT2D eigenvalue weighted by atomic mass is 16.5. The molecular formula is C14H18N2O. The molecule has 2 rings (SSSR count). The van der Waals surface area contributed by atoms with Crippen molar-refractivity contribution < 1.29 is 4.74 Å². The largest absolute Gasteiger partial charge is 0.496 e. The first-order chi connectivity index (χ1) is 8.20. The van der Waals surface area contributed by atoms with Crippen LogP contribution in [-0.2, 0) is 0 Å². The fourth-order valence-corrected chi connectivity index (χ4v) is 1.89. The van der Waals surface area contributed by atoms with Gasteiger partial charge in [-0.25, -0.2) is 0 Å². The minimum Gasteiger partial charge on any atom is -0.496 e. The summed E-state index contributed by atoms with van der Waals surface area (Å²) in [6, 6.07) is 10.4. The predicted octanol–water partition coefficient (Wildman–Crippen LogP) is 3.11. The molecule has 0 spiro atoms. The molecule has 0 saturated carbocycles. The van der Waals surface area contributed by atoms with Crippen molar-refractivity contribution in [2.24, 2.45) is 0 Å². The number of benzene rings is 1. The molecule has 1 atom stereocenters. The van der Waals surface area contributed by atoms with Crippen LogP contribution in [0.2, 0.25) is 0 Å². The van der Waals surface area contributed by atoms with Crippen molar-refractivity contribution in [3.8, 4) is 5.75 Å². The summed E-state index contributed by atoms with van der Waals surface area (Å²) >= 11 is 0. The maximum absolute atomic E-state index is 5.42. The van der Waals surface area contributed by atoms with Gasteiger partial charge in [-0.15, -0.1) is 0 Å². The van der Waals surface area contributed by atoms with E-state index in [0.29, 0.717) is 0 Å². The molecule has 2 aromatic rings. The molecule has 90 valence electrons. The SMILES string of the molecule is COc1cc(C)ccc1C(C)Nn1cccc1. The normalized spacial score (nSPS) is 12.2. The standard InChI is InChI=1S/C14H18N2O/c1-11-6-7-13(14(10-11)17-3)12(2)15-16-8-4-5-9-16/h4-10,12,15H,1-3H3. The zero-order valence-corrected chi connectivity index (χ0v) is 10.5. The van der Waals surface area contributed by atoms with Gasteiger partial charge in [0, 0.05) is 18.0 Å². The highest BCUT2D eigenvalue weighted by molar-refractivity contribution is 5.39. The van der Waals surface area contributed by atoms with E-state index in [-0.39, 0.29) is 6.04 Å². The molecule has 1 unspecified atom stereocenters. The minimum absolute atomic E-state index is 0.193. The molecular weight excluding hydrogens is 212 g/mol. The van der Waals surface area contributed by atoms with Crippen LogP contribution >= 0.6 is 0 Å². The number of hydrogen-bond acceptors (Lipinski definition) is 2. The van der Waals surface area contributed by atoms with Crippen molar-refractivity contribution >= 4 is 0 Å². The van der Waals surface area contributed by atoms with Crippen LogP contribution in [0.25, 0.3) is 0 Å². The Labute approximate surface area is 102 Å². The molecule has 0 amide bonds. The summed E-state index contributed by atoms with van der Waals surface area (Å²) in [4.78, 5) is 0. The van der Waals surface area contributed by atoms with Crippen molar-refractivity contribution in [2.75, 3.05) is 12.5 Å². The van der Waals surface area contributed by atoms with E-state index in [4.69, 9.17) is 4.74 Å². The Bertz CT molecular complexity index is 477. The molecule has 1 aromatic carbocycles. The molecule has 3 heteroatoms. The third-order valence-corrected chi connectivity index (χ3v) is 2.80. The summed E-state index contributed by atoms with van der Waals surface area (Å²) in [5.74, 6) is 0.928. The fraction of sp³-hybridized carbons (Fsp3) is 0.286. The monoisotopic (exact) mass is 230 g/mol. The topological polar surface area (TPSA) is 26.2 Å². The number of aryl methyl sites for hydroxylation is 1. The van der Waals surface area contributed by atoms with E-state index in [1.165, 1.54) is 5.56 Å². The average Bonchev–Trinajstić information content (AvgIpc) is 2.81. The Kier molecular flexibility index (Phi) is 3.38. The number of hydrogen-bond donors (Lipinski definition) is 1. The van der Waals surface area contributed by atoms with Gasteiger partial charge < -0.3 is 10.2 Å². The van der Waals surface area contributed by atoms with Gasteiger partial charge in [0.15, 0.2) is 0 Å². The van der Waals surface area contributed by atoms with Crippen LogP contribution in [0.1, 0.15) is 24.1 Å². The number of nitrogens with zero attached hydrogens (tertiary/aromatic N) is 1. The summed E-state index contributed by atoms with van der Waals surface area (Å²) in [7, 11) is 1.71. The minimum atomic E-state index is 0.193. The van der Waals surface area contributed by atoms with Gasteiger partial charge in [0.1, 0.15) is 5.75 Å². The third-order valence-electron chi connectivity index (χ3n) is 2.80. The second-order valence-electron chi connectivity index (χ2n) is 4.19. The Morgan fingerprint density at radius 3 is 2.59 bits per heavy atom. The number of aromatic nitrogens is 1. The maximum atomic E-state index is 5.42. The molecule has 0 aliphatic rings. The van der Waals surface area contributed by atoms with Gasteiger partial charge in [0.2, 0.25) is 0 Å². The van der Waals surface area contributed by atoms with Crippen LogP contribution in [0.15, 0.2) is 42.7 Å². The van der Waals surface area contributed by atoms with Gasteiger partial charge >= 0.3 is 0 Å². The fourth-order valence-electron chi connectivity index (χ4n) is 1.89. The molecule has 1 aromatic heterocycles. The van der Waals surface area contributed by atoms with E-state index < -0.39 is 0 Å². The van der Waals surface area contributed by atoms with Crippen LogP contribution in [0, 0.1) is 6.92 Å². The van der Waals surface area contributed by atoms with Crippen molar-refractivity contribution in [3.63, 3.8) is 0 Å². The van der Waals surface area contributed by atoms with Crippen molar-refractivity contribution in [2.45, 2.75) is 19.9 Å². The van der Waals surface area contributed by atoms with Crippen LogP contribution in [-0.4, -0.2) is 11.8 Å². The summed E-state index contributed by atoms with van der Waals surface area (Å²) < 4.78 is 7.37. The van der Waals surface area contributed by atoms with Crippen LogP contribution in [0.4, 0.5) is 0 Å². The zero-order valence-electron chi connectivity index (χ0n) is 10.5. The Hall–Kier alpha value is -1.90. The van der Waals surface area contributed by atoms with Gasteiger partial charge in [-0.1, -0.05) is 12.1 Å². The number of ether oxygens (including phenoxy) is 1. The first-order valence-corrected chi connectivity index (χ1v) is 5.75. The van der Waals surface area contributed by atoms with Crippen LogP contribution < -0.4 is 10.2 Å². The Morgan fingerprint density at radius 1 is 1.24 bits per heavy atom. The van der Waals surface area contributed by atoms with Gasteiger partial charge in [-0.05, 0) is 37.6 Å². The summed E-state index contributed by atoms with van der Waals surface area (Å²) in [5.41, 5.74) is 5.74. The van der Waals surface area contributed by atoms with Crippen molar-refractivity contribution in [3.05, 3.63) is 53.9 Å². The molecule has 3 nitrogen and oxygen atoms in total. The first-order valence-electron chi connectivity index (χ1n) is 5.75. The molecule has 1 heterocycles. The lowest BCUT2D eigenvalue weighted by Crippen LogP contribution is -2.17. The predicted molar refractivity (Wildman–Crippen MR) is 69.9 cm³/mol. The molecule has 1 N–H and O–H groups in total.